The summed E-state index contributed by atoms with van der Waals surface area (Å²) in [5.74, 6) is 0. The monoisotopic (exact) mass is 330 g/mol. The Morgan fingerprint density at radius 1 is 1.19 bits per heavy atom. The van der Waals surface area contributed by atoms with Gasteiger partial charge in [0.2, 0.25) is 0 Å². The van der Waals surface area contributed by atoms with Crippen LogP contribution in [-0.2, 0) is 5.41 Å². The van der Waals surface area contributed by atoms with Crippen LogP contribution in [0.15, 0.2) is 24.3 Å². The van der Waals surface area contributed by atoms with Crippen molar-refractivity contribution in [2.45, 2.75) is 56.3 Å². The van der Waals surface area contributed by atoms with E-state index < -0.39 is 0 Å². The second-order valence-corrected chi connectivity index (χ2v) is 6.70. The molecule has 0 saturated heterocycles. The Morgan fingerprint density at radius 2 is 1.75 bits per heavy atom. The lowest BCUT2D eigenvalue weighted by molar-refractivity contribution is 0.480. The molecule has 90 valence electrons. The molecule has 0 spiro atoms. The van der Waals surface area contributed by atoms with E-state index in [2.05, 4.69) is 74.6 Å². The molecular formula is C15H23I. The van der Waals surface area contributed by atoms with Gasteiger partial charge in [-0.1, -0.05) is 86.0 Å². The number of halogens is 1. The molecule has 0 fully saturated rings. The molecule has 0 heterocycles. The van der Waals surface area contributed by atoms with Gasteiger partial charge in [0.15, 0.2) is 0 Å². The van der Waals surface area contributed by atoms with E-state index in [9.17, 15) is 0 Å². The topological polar surface area (TPSA) is 0 Å². The zero-order valence-corrected chi connectivity index (χ0v) is 13.0. The van der Waals surface area contributed by atoms with Crippen LogP contribution in [0, 0.1) is 6.92 Å². The van der Waals surface area contributed by atoms with Gasteiger partial charge in [0.1, 0.15) is 0 Å². The summed E-state index contributed by atoms with van der Waals surface area (Å²) in [5, 5.41) is 0. The smallest absolute Gasteiger partial charge is 0.0201 e. The third kappa shape index (κ3) is 3.47. The van der Waals surface area contributed by atoms with Crippen molar-refractivity contribution in [1.29, 1.82) is 0 Å². The second kappa shape index (κ2) is 6.04. The lowest BCUT2D eigenvalue weighted by Crippen LogP contribution is -2.28. The fraction of sp³-hybridized carbons (Fsp3) is 0.600. The number of benzene rings is 1. The number of aryl methyl sites for hydroxylation is 1. The van der Waals surface area contributed by atoms with Gasteiger partial charge in [0, 0.05) is 9.34 Å². The zero-order chi connectivity index (χ0) is 12.2. The molecule has 0 aliphatic heterocycles. The largest absolute Gasteiger partial charge is 0.0817 e. The van der Waals surface area contributed by atoms with Gasteiger partial charge in [0.25, 0.3) is 0 Å². The van der Waals surface area contributed by atoms with Crippen molar-refractivity contribution in [2.75, 3.05) is 0 Å². The molecule has 0 aromatic heterocycles. The first-order chi connectivity index (χ1) is 7.48. The zero-order valence-electron chi connectivity index (χ0n) is 10.9. The Kier molecular flexibility index (Phi) is 5.29. The highest BCUT2D eigenvalue weighted by Gasteiger charge is 2.28. The van der Waals surface area contributed by atoms with Gasteiger partial charge >= 0.3 is 0 Å². The van der Waals surface area contributed by atoms with Crippen molar-refractivity contribution in [1.82, 2.24) is 0 Å². The summed E-state index contributed by atoms with van der Waals surface area (Å²) in [6, 6.07) is 9.01. The average Bonchev–Trinajstić information content (AvgIpc) is 2.26. The van der Waals surface area contributed by atoms with Crippen LogP contribution < -0.4 is 0 Å². The molecule has 0 radical (unpaired) electrons. The summed E-state index contributed by atoms with van der Waals surface area (Å²) in [5.41, 5.74) is 3.09. The maximum Gasteiger partial charge on any atom is 0.0201 e. The van der Waals surface area contributed by atoms with Crippen LogP contribution in [0.25, 0.3) is 0 Å². The van der Waals surface area contributed by atoms with Gasteiger partial charge in [-0.15, -0.1) is 0 Å². The number of hydrogen-bond acceptors (Lipinski definition) is 0. The maximum atomic E-state index is 2.62. The van der Waals surface area contributed by atoms with Gasteiger partial charge in [-0.25, -0.2) is 0 Å². The minimum absolute atomic E-state index is 0.281. The fourth-order valence-electron chi connectivity index (χ4n) is 1.91. The van der Waals surface area contributed by atoms with Gasteiger partial charge < -0.3 is 0 Å². The lowest BCUT2D eigenvalue weighted by Gasteiger charge is -2.31. The normalized spacial score (nSPS) is 13.8. The highest BCUT2D eigenvalue weighted by molar-refractivity contribution is 14.1. The Morgan fingerprint density at radius 3 is 2.25 bits per heavy atom. The van der Waals surface area contributed by atoms with Crippen LogP contribution in [0.2, 0.25) is 0 Å². The summed E-state index contributed by atoms with van der Waals surface area (Å²) in [7, 11) is 0. The van der Waals surface area contributed by atoms with Gasteiger partial charge in [-0.3, -0.25) is 0 Å². The summed E-state index contributed by atoms with van der Waals surface area (Å²) in [4.78, 5) is 0. The third-order valence-electron chi connectivity index (χ3n) is 3.39. The van der Waals surface area contributed by atoms with Crippen LogP contribution in [0.5, 0.6) is 0 Å². The molecule has 1 atom stereocenters. The molecular weight excluding hydrogens is 307 g/mol. The predicted octanol–water partition coefficient (Wildman–Crippen LogP) is 5.27. The first kappa shape index (κ1) is 14.0. The molecule has 0 N–H and O–H groups in total. The standard InChI is InChI=1S/C15H23I/c1-5-6-7-14(16)15(3,4)13-10-8-12(2)9-11-13/h8-11,14H,5-7H2,1-4H3. The average molecular weight is 330 g/mol. The molecule has 1 heteroatoms. The summed E-state index contributed by atoms with van der Waals surface area (Å²) in [6.45, 7) is 9.15. The number of hydrogen-bond donors (Lipinski definition) is 0. The SMILES string of the molecule is CCCCC(I)C(C)(C)c1ccc(C)cc1. The quantitative estimate of drug-likeness (QED) is 0.510. The molecule has 0 saturated carbocycles. The van der Waals surface area contributed by atoms with Crippen LogP contribution in [0.4, 0.5) is 0 Å². The van der Waals surface area contributed by atoms with Crippen LogP contribution in [0.1, 0.15) is 51.2 Å². The highest BCUT2D eigenvalue weighted by atomic mass is 127. The van der Waals surface area contributed by atoms with E-state index in [0.29, 0.717) is 3.92 Å². The predicted molar refractivity (Wildman–Crippen MR) is 81.5 cm³/mol. The van der Waals surface area contributed by atoms with E-state index in [-0.39, 0.29) is 5.41 Å². The summed E-state index contributed by atoms with van der Waals surface area (Å²) < 4.78 is 0.716. The van der Waals surface area contributed by atoms with E-state index in [1.165, 1.54) is 30.4 Å². The first-order valence-corrected chi connectivity index (χ1v) is 7.44. The van der Waals surface area contributed by atoms with E-state index in [0.717, 1.165) is 0 Å². The van der Waals surface area contributed by atoms with Gasteiger partial charge in [-0.05, 0) is 18.9 Å². The van der Waals surface area contributed by atoms with E-state index in [1.54, 1.807) is 0 Å². The lowest BCUT2D eigenvalue weighted by atomic mass is 9.80. The third-order valence-corrected chi connectivity index (χ3v) is 5.57. The minimum Gasteiger partial charge on any atom is -0.0817 e. The minimum atomic E-state index is 0.281. The number of alkyl halides is 1. The molecule has 1 aromatic rings. The molecule has 0 aliphatic rings. The fourth-order valence-corrected chi connectivity index (χ4v) is 2.71. The molecule has 1 aromatic carbocycles. The Bertz CT molecular complexity index is 311. The molecule has 1 unspecified atom stereocenters. The molecule has 16 heavy (non-hydrogen) atoms. The molecule has 0 aliphatic carbocycles. The van der Waals surface area contributed by atoms with Gasteiger partial charge in [-0.2, -0.15) is 0 Å². The van der Waals surface area contributed by atoms with Crippen molar-refractivity contribution < 1.29 is 0 Å². The van der Waals surface area contributed by atoms with Crippen LogP contribution in [-0.4, -0.2) is 3.92 Å². The Hall–Kier alpha value is -0.0500. The molecule has 1 rings (SSSR count). The summed E-state index contributed by atoms with van der Waals surface area (Å²) in [6.07, 6.45) is 3.95. The molecule has 0 bridgehead atoms. The Labute approximate surface area is 114 Å². The number of unbranched alkanes of at least 4 members (excludes halogenated alkanes) is 1. The maximum absolute atomic E-state index is 2.62. The first-order valence-electron chi connectivity index (χ1n) is 6.19. The second-order valence-electron chi connectivity index (χ2n) is 5.20. The van der Waals surface area contributed by atoms with Crippen molar-refractivity contribution in [2.24, 2.45) is 0 Å². The van der Waals surface area contributed by atoms with Crippen molar-refractivity contribution >= 4 is 22.6 Å². The van der Waals surface area contributed by atoms with E-state index in [4.69, 9.17) is 0 Å². The Balaban J connectivity index is 2.79. The van der Waals surface area contributed by atoms with E-state index >= 15 is 0 Å². The van der Waals surface area contributed by atoms with E-state index in [1.807, 2.05) is 0 Å². The molecule has 0 amide bonds. The van der Waals surface area contributed by atoms with Gasteiger partial charge in [0.05, 0.1) is 0 Å². The van der Waals surface area contributed by atoms with Crippen molar-refractivity contribution in [3.05, 3.63) is 35.4 Å². The van der Waals surface area contributed by atoms with Crippen molar-refractivity contribution in [3.63, 3.8) is 0 Å². The molecule has 0 nitrogen and oxygen atoms in total. The summed E-state index contributed by atoms with van der Waals surface area (Å²) >= 11 is 2.62. The number of rotatable bonds is 5. The highest BCUT2D eigenvalue weighted by Crippen LogP contribution is 2.35. The van der Waals surface area contributed by atoms with Crippen LogP contribution in [0.3, 0.4) is 0 Å². The van der Waals surface area contributed by atoms with Crippen LogP contribution >= 0.6 is 22.6 Å². The van der Waals surface area contributed by atoms with Crippen molar-refractivity contribution in [3.8, 4) is 0 Å².